The van der Waals surface area contributed by atoms with Crippen LogP contribution in [0.2, 0.25) is 0 Å². The summed E-state index contributed by atoms with van der Waals surface area (Å²) in [4.78, 5) is 14.4. The first-order valence-corrected chi connectivity index (χ1v) is 8.48. The molecule has 2 fully saturated rings. The number of hydrogen-bond donors (Lipinski definition) is 0. The van der Waals surface area contributed by atoms with Crippen molar-refractivity contribution in [2.75, 3.05) is 11.9 Å². The lowest BCUT2D eigenvalue weighted by atomic mass is 9.79. The summed E-state index contributed by atoms with van der Waals surface area (Å²) in [5.41, 5.74) is 0. The summed E-state index contributed by atoms with van der Waals surface area (Å²) < 4.78 is 38.5. The van der Waals surface area contributed by atoms with Crippen molar-refractivity contribution in [2.45, 2.75) is 57.2 Å². The molecule has 2 unspecified atom stereocenters. The van der Waals surface area contributed by atoms with Crippen molar-refractivity contribution < 1.29 is 18.0 Å². The Kier molecular flexibility index (Phi) is 5.37. The van der Waals surface area contributed by atoms with Crippen molar-refractivity contribution in [3.63, 3.8) is 0 Å². The van der Waals surface area contributed by atoms with E-state index < -0.39 is 18.0 Å². The molecule has 0 bridgehead atoms. The van der Waals surface area contributed by atoms with Gasteiger partial charge in [-0.25, -0.2) is 0 Å². The zero-order valence-corrected chi connectivity index (χ0v) is 13.0. The van der Waals surface area contributed by atoms with Gasteiger partial charge in [0.1, 0.15) is 0 Å². The highest BCUT2D eigenvalue weighted by Gasteiger charge is 2.44. The van der Waals surface area contributed by atoms with Gasteiger partial charge in [0, 0.05) is 23.8 Å². The first-order valence-electron chi connectivity index (χ1n) is 7.36. The molecule has 0 spiro atoms. The van der Waals surface area contributed by atoms with Crippen LogP contribution in [-0.2, 0) is 4.79 Å². The van der Waals surface area contributed by atoms with E-state index in [1.165, 1.54) is 0 Å². The van der Waals surface area contributed by atoms with E-state index in [4.69, 9.17) is 0 Å². The van der Waals surface area contributed by atoms with Gasteiger partial charge < -0.3 is 4.90 Å². The van der Waals surface area contributed by atoms with Crippen LogP contribution in [-0.4, -0.2) is 34.9 Å². The van der Waals surface area contributed by atoms with Crippen molar-refractivity contribution in [1.29, 1.82) is 0 Å². The molecule has 116 valence electrons. The number of hydrogen-bond acceptors (Lipinski definition) is 1. The average Bonchev–Trinajstić information content (AvgIpc) is 2.34. The lowest BCUT2D eigenvalue weighted by molar-refractivity contribution is -0.187. The summed E-state index contributed by atoms with van der Waals surface area (Å²) in [5, 5.41) is 0.685. The number of amides is 1. The molecule has 0 saturated heterocycles. The second-order valence-corrected chi connectivity index (χ2v) is 6.70. The number of rotatable bonds is 4. The van der Waals surface area contributed by atoms with Gasteiger partial charge in [0.2, 0.25) is 5.91 Å². The number of nitrogens with zero attached hydrogens (tertiary/aromatic N) is 1. The van der Waals surface area contributed by atoms with Crippen molar-refractivity contribution >= 4 is 21.8 Å². The zero-order chi connectivity index (χ0) is 14.8. The molecule has 2 nitrogen and oxygen atoms in total. The molecule has 0 aliphatic heterocycles. The molecule has 20 heavy (non-hydrogen) atoms. The normalized spacial score (nSPS) is 28.0. The van der Waals surface area contributed by atoms with E-state index in [1.807, 2.05) is 4.90 Å². The van der Waals surface area contributed by atoms with Gasteiger partial charge in [-0.2, -0.15) is 13.2 Å². The third kappa shape index (κ3) is 3.68. The van der Waals surface area contributed by atoms with Gasteiger partial charge in [0.15, 0.2) is 0 Å². The number of halogens is 4. The van der Waals surface area contributed by atoms with Crippen LogP contribution in [0.1, 0.15) is 44.9 Å². The minimum Gasteiger partial charge on any atom is -0.339 e. The van der Waals surface area contributed by atoms with Crippen LogP contribution in [0.5, 0.6) is 0 Å². The van der Waals surface area contributed by atoms with Gasteiger partial charge in [-0.1, -0.05) is 22.4 Å². The van der Waals surface area contributed by atoms with Gasteiger partial charge >= 0.3 is 6.18 Å². The SMILES string of the molecule is O=C(C1CCCC(C(F)(F)F)C1)N(CCBr)C1CCC1. The van der Waals surface area contributed by atoms with Crippen LogP contribution in [0.25, 0.3) is 0 Å². The Labute approximate surface area is 126 Å². The Hall–Kier alpha value is -0.260. The van der Waals surface area contributed by atoms with E-state index in [0.717, 1.165) is 19.3 Å². The fraction of sp³-hybridized carbons (Fsp3) is 0.929. The Morgan fingerprint density at radius 3 is 2.30 bits per heavy atom. The number of carbonyl (C=O) groups excluding carboxylic acids is 1. The van der Waals surface area contributed by atoms with E-state index >= 15 is 0 Å². The van der Waals surface area contributed by atoms with Crippen molar-refractivity contribution in [3.05, 3.63) is 0 Å². The smallest absolute Gasteiger partial charge is 0.339 e. The van der Waals surface area contributed by atoms with Crippen LogP contribution in [0.3, 0.4) is 0 Å². The molecule has 0 aromatic heterocycles. The van der Waals surface area contributed by atoms with Gasteiger partial charge in [-0.15, -0.1) is 0 Å². The molecule has 2 aliphatic carbocycles. The molecule has 2 aliphatic rings. The zero-order valence-electron chi connectivity index (χ0n) is 11.5. The minimum absolute atomic E-state index is 0.0200. The molecule has 0 heterocycles. The summed E-state index contributed by atoms with van der Waals surface area (Å²) in [6.07, 6.45) is 0.220. The number of carbonyl (C=O) groups is 1. The minimum atomic E-state index is -4.16. The first kappa shape index (κ1) is 16.1. The summed E-state index contributed by atoms with van der Waals surface area (Å²) in [7, 11) is 0. The van der Waals surface area contributed by atoms with E-state index in [1.54, 1.807) is 0 Å². The number of alkyl halides is 4. The highest BCUT2D eigenvalue weighted by atomic mass is 79.9. The average molecular weight is 356 g/mol. The summed E-state index contributed by atoms with van der Waals surface area (Å²) in [6.45, 7) is 0.608. The molecule has 6 heteroatoms. The third-order valence-electron chi connectivity index (χ3n) is 4.61. The van der Waals surface area contributed by atoms with E-state index in [9.17, 15) is 18.0 Å². The summed E-state index contributed by atoms with van der Waals surface area (Å²) >= 11 is 3.33. The third-order valence-corrected chi connectivity index (χ3v) is 4.96. The van der Waals surface area contributed by atoms with Crippen LogP contribution < -0.4 is 0 Å². The van der Waals surface area contributed by atoms with Crippen LogP contribution in [0.4, 0.5) is 13.2 Å². The quantitative estimate of drug-likeness (QED) is 0.694. The maximum absolute atomic E-state index is 12.8. The topological polar surface area (TPSA) is 20.3 Å². The molecule has 0 radical (unpaired) electrons. The Morgan fingerprint density at radius 2 is 1.80 bits per heavy atom. The molecule has 0 aromatic carbocycles. The first-order chi connectivity index (χ1) is 9.43. The molecular weight excluding hydrogens is 335 g/mol. The standard InChI is InChI=1S/C14H21BrF3NO/c15-7-8-19(12-5-2-6-12)13(20)10-3-1-4-11(9-10)14(16,17)18/h10-12H,1-9H2. The lowest BCUT2D eigenvalue weighted by Gasteiger charge is -2.40. The van der Waals surface area contributed by atoms with Crippen molar-refractivity contribution in [3.8, 4) is 0 Å². The molecule has 1 amide bonds. The molecule has 2 atom stereocenters. The molecular formula is C14H21BrF3NO. The second-order valence-electron chi connectivity index (χ2n) is 5.91. The van der Waals surface area contributed by atoms with Gasteiger partial charge in [0.05, 0.1) is 5.92 Å². The van der Waals surface area contributed by atoms with E-state index in [0.29, 0.717) is 24.7 Å². The summed E-state index contributed by atoms with van der Waals surface area (Å²) in [5.74, 6) is -1.78. The predicted molar refractivity (Wildman–Crippen MR) is 74.6 cm³/mol. The fourth-order valence-corrected chi connectivity index (χ4v) is 3.59. The van der Waals surface area contributed by atoms with Crippen molar-refractivity contribution in [2.24, 2.45) is 11.8 Å². The van der Waals surface area contributed by atoms with Gasteiger partial charge in [-0.05, 0) is 38.5 Å². The highest BCUT2D eigenvalue weighted by molar-refractivity contribution is 9.09. The monoisotopic (exact) mass is 355 g/mol. The fourth-order valence-electron chi connectivity index (χ4n) is 3.21. The Morgan fingerprint density at radius 1 is 1.15 bits per heavy atom. The second kappa shape index (κ2) is 6.67. The maximum atomic E-state index is 12.8. The summed E-state index contributed by atoms with van der Waals surface area (Å²) in [6, 6.07) is 0.256. The lowest BCUT2D eigenvalue weighted by Crippen LogP contribution is -2.49. The maximum Gasteiger partial charge on any atom is 0.391 e. The van der Waals surface area contributed by atoms with E-state index in [2.05, 4.69) is 15.9 Å². The molecule has 0 aromatic rings. The van der Waals surface area contributed by atoms with Crippen LogP contribution >= 0.6 is 15.9 Å². The van der Waals surface area contributed by atoms with Crippen LogP contribution in [0.15, 0.2) is 0 Å². The Balaban J connectivity index is 1.99. The van der Waals surface area contributed by atoms with Crippen molar-refractivity contribution in [1.82, 2.24) is 4.90 Å². The van der Waals surface area contributed by atoms with Gasteiger partial charge in [0.25, 0.3) is 0 Å². The Bertz CT molecular complexity index is 344. The highest BCUT2D eigenvalue weighted by Crippen LogP contribution is 2.41. The van der Waals surface area contributed by atoms with E-state index in [-0.39, 0.29) is 24.8 Å². The molecule has 2 rings (SSSR count). The predicted octanol–water partition coefficient (Wildman–Crippen LogP) is 4.13. The molecule has 2 saturated carbocycles. The van der Waals surface area contributed by atoms with Crippen LogP contribution in [0, 0.1) is 11.8 Å². The largest absolute Gasteiger partial charge is 0.391 e. The van der Waals surface area contributed by atoms with Gasteiger partial charge in [-0.3, -0.25) is 4.79 Å². The molecule has 0 N–H and O–H groups in total.